The molecule has 22 heavy (non-hydrogen) atoms. The van der Waals surface area contributed by atoms with E-state index in [-0.39, 0.29) is 18.4 Å². The quantitative estimate of drug-likeness (QED) is 0.879. The molecule has 2 aromatic rings. The third-order valence-electron chi connectivity index (χ3n) is 3.76. The SMILES string of the molecule is CC(CC(=O)O)c1cn(C(C)C)c2cc(C(F)(F)F)ccc12. The van der Waals surface area contributed by atoms with Crippen molar-refractivity contribution in [2.45, 2.75) is 45.3 Å². The summed E-state index contributed by atoms with van der Waals surface area (Å²) >= 11 is 0. The summed E-state index contributed by atoms with van der Waals surface area (Å²) in [4.78, 5) is 10.9. The Morgan fingerprint density at radius 2 is 1.91 bits per heavy atom. The molecule has 0 fully saturated rings. The van der Waals surface area contributed by atoms with Crippen LogP contribution in [0.5, 0.6) is 0 Å². The summed E-state index contributed by atoms with van der Waals surface area (Å²) in [5, 5.41) is 9.60. The number of hydrogen-bond acceptors (Lipinski definition) is 1. The molecule has 1 unspecified atom stereocenters. The summed E-state index contributed by atoms with van der Waals surface area (Å²) in [7, 11) is 0. The highest BCUT2D eigenvalue weighted by Gasteiger charge is 2.31. The highest BCUT2D eigenvalue weighted by atomic mass is 19.4. The molecule has 3 nitrogen and oxygen atoms in total. The summed E-state index contributed by atoms with van der Waals surface area (Å²) in [6, 6.07) is 3.60. The normalized spacial score (nSPS) is 13.8. The predicted octanol–water partition coefficient (Wildman–Crippen LogP) is 4.82. The van der Waals surface area contributed by atoms with Gasteiger partial charge in [-0.2, -0.15) is 13.2 Å². The average molecular weight is 313 g/mol. The van der Waals surface area contributed by atoms with Crippen LogP contribution in [0.15, 0.2) is 24.4 Å². The van der Waals surface area contributed by atoms with Crippen molar-refractivity contribution < 1.29 is 23.1 Å². The first kappa shape index (κ1) is 16.4. The summed E-state index contributed by atoms with van der Waals surface area (Å²) in [6.07, 6.45) is -2.69. The first-order chi connectivity index (χ1) is 10.1. The van der Waals surface area contributed by atoms with E-state index >= 15 is 0 Å². The number of carboxylic acid groups (broad SMARTS) is 1. The molecule has 0 aliphatic heterocycles. The molecular weight excluding hydrogens is 295 g/mol. The Labute approximate surface area is 126 Å². The predicted molar refractivity (Wildman–Crippen MR) is 78.0 cm³/mol. The molecule has 0 saturated carbocycles. The van der Waals surface area contributed by atoms with Gasteiger partial charge in [0.1, 0.15) is 0 Å². The van der Waals surface area contributed by atoms with E-state index in [0.717, 1.165) is 17.7 Å². The minimum Gasteiger partial charge on any atom is -0.481 e. The van der Waals surface area contributed by atoms with E-state index in [0.29, 0.717) is 10.9 Å². The van der Waals surface area contributed by atoms with Gasteiger partial charge in [0.25, 0.3) is 0 Å². The zero-order valence-electron chi connectivity index (χ0n) is 12.6. The molecule has 120 valence electrons. The van der Waals surface area contributed by atoms with Gasteiger partial charge in [-0.25, -0.2) is 0 Å². The van der Waals surface area contributed by atoms with E-state index in [1.807, 2.05) is 13.8 Å². The Hall–Kier alpha value is -1.98. The van der Waals surface area contributed by atoms with Crippen LogP contribution < -0.4 is 0 Å². The number of rotatable bonds is 4. The van der Waals surface area contributed by atoms with Crippen LogP contribution >= 0.6 is 0 Å². The van der Waals surface area contributed by atoms with Crippen LogP contribution in [0.25, 0.3) is 10.9 Å². The van der Waals surface area contributed by atoms with Crippen molar-refractivity contribution in [3.63, 3.8) is 0 Å². The van der Waals surface area contributed by atoms with Gasteiger partial charge in [-0.3, -0.25) is 4.79 Å². The lowest BCUT2D eigenvalue weighted by atomic mass is 9.97. The van der Waals surface area contributed by atoms with Crippen LogP contribution in [0.1, 0.15) is 50.3 Å². The van der Waals surface area contributed by atoms with Gasteiger partial charge in [0.15, 0.2) is 0 Å². The third-order valence-corrected chi connectivity index (χ3v) is 3.76. The van der Waals surface area contributed by atoms with E-state index in [1.54, 1.807) is 17.7 Å². The van der Waals surface area contributed by atoms with Crippen molar-refractivity contribution in [2.24, 2.45) is 0 Å². The second kappa shape index (κ2) is 5.66. The summed E-state index contributed by atoms with van der Waals surface area (Å²) < 4.78 is 40.5. The van der Waals surface area contributed by atoms with E-state index in [9.17, 15) is 18.0 Å². The van der Waals surface area contributed by atoms with Crippen molar-refractivity contribution in [2.75, 3.05) is 0 Å². The van der Waals surface area contributed by atoms with E-state index in [2.05, 4.69) is 0 Å². The van der Waals surface area contributed by atoms with Crippen molar-refractivity contribution in [1.82, 2.24) is 4.57 Å². The largest absolute Gasteiger partial charge is 0.481 e. The third kappa shape index (κ3) is 3.10. The number of halogens is 3. The Morgan fingerprint density at radius 1 is 1.27 bits per heavy atom. The molecule has 0 aliphatic carbocycles. The minimum atomic E-state index is -4.40. The van der Waals surface area contributed by atoms with Crippen LogP contribution in [-0.2, 0) is 11.0 Å². The molecule has 1 aromatic carbocycles. The molecule has 0 saturated heterocycles. The number of alkyl halides is 3. The number of fused-ring (bicyclic) bond motifs is 1. The van der Waals surface area contributed by atoms with Crippen LogP contribution in [0, 0.1) is 0 Å². The molecule has 0 spiro atoms. The lowest BCUT2D eigenvalue weighted by Gasteiger charge is -2.11. The minimum absolute atomic E-state index is 0.0169. The van der Waals surface area contributed by atoms with Gasteiger partial charge in [0, 0.05) is 23.1 Å². The Kier molecular flexibility index (Phi) is 4.22. The number of aliphatic carboxylic acids is 1. The molecule has 0 amide bonds. The van der Waals surface area contributed by atoms with Gasteiger partial charge in [-0.05, 0) is 37.5 Å². The topological polar surface area (TPSA) is 42.2 Å². The van der Waals surface area contributed by atoms with E-state index in [4.69, 9.17) is 5.11 Å². The number of aromatic nitrogens is 1. The van der Waals surface area contributed by atoms with Gasteiger partial charge in [-0.15, -0.1) is 0 Å². The molecular formula is C16H18F3NO2. The standard InChI is InChI=1S/C16H18F3NO2/c1-9(2)20-8-13(10(3)6-15(21)22)12-5-4-11(7-14(12)20)16(17,18)19/h4-5,7-10H,6H2,1-3H3,(H,21,22). The number of nitrogens with zero attached hydrogens (tertiary/aromatic N) is 1. The van der Waals surface area contributed by atoms with Gasteiger partial charge in [0.2, 0.25) is 0 Å². The van der Waals surface area contributed by atoms with Crippen molar-refractivity contribution >= 4 is 16.9 Å². The fraction of sp³-hybridized carbons (Fsp3) is 0.438. The zero-order valence-corrected chi connectivity index (χ0v) is 12.6. The van der Waals surface area contributed by atoms with Crippen LogP contribution in [-0.4, -0.2) is 15.6 Å². The maximum absolute atomic E-state index is 12.9. The molecule has 6 heteroatoms. The monoisotopic (exact) mass is 313 g/mol. The second-order valence-corrected chi connectivity index (χ2v) is 5.81. The van der Waals surface area contributed by atoms with Crippen LogP contribution in [0.2, 0.25) is 0 Å². The van der Waals surface area contributed by atoms with E-state index in [1.165, 1.54) is 6.07 Å². The fourth-order valence-electron chi connectivity index (χ4n) is 2.65. The van der Waals surface area contributed by atoms with Gasteiger partial charge in [0.05, 0.1) is 12.0 Å². The highest BCUT2D eigenvalue weighted by molar-refractivity contribution is 5.86. The molecule has 2 rings (SSSR count). The van der Waals surface area contributed by atoms with Gasteiger partial charge in [-0.1, -0.05) is 13.0 Å². The zero-order chi connectivity index (χ0) is 16.7. The Bertz CT molecular complexity index is 701. The smallest absolute Gasteiger partial charge is 0.416 e. The summed E-state index contributed by atoms with van der Waals surface area (Å²) in [6.45, 7) is 5.53. The van der Waals surface area contributed by atoms with Crippen LogP contribution in [0.4, 0.5) is 13.2 Å². The highest BCUT2D eigenvalue weighted by Crippen LogP contribution is 2.36. The summed E-state index contributed by atoms with van der Waals surface area (Å²) in [5.41, 5.74) is 0.550. The molecule has 1 N–H and O–H groups in total. The van der Waals surface area contributed by atoms with E-state index < -0.39 is 17.7 Å². The molecule has 0 aliphatic rings. The lowest BCUT2D eigenvalue weighted by molar-refractivity contribution is -0.138. The number of benzene rings is 1. The van der Waals surface area contributed by atoms with Gasteiger partial charge < -0.3 is 9.67 Å². The number of carbonyl (C=O) groups is 1. The maximum atomic E-state index is 12.9. The number of hydrogen-bond donors (Lipinski definition) is 1. The van der Waals surface area contributed by atoms with Crippen molar-refractivity contribution in [3.05, 3.63) is 35.5 Å². The molecule has 1 heterocycles. The van der Waals surface area contributed by atoms with Crippen LogP contribution in [0.3, 0.4) is 0 Å². The molecule has 1 atom stereocenters. The lowest BCUT2D eigenvalue weighted by Crippen LogP contribution is -2.05. The summed E-state index contributed by atoms with van der Waals surface area (Å²) in [5.74, 6) is -1.19. The van der Waals surface area contributed by atoms with Gasteiger partial charge >= 0.3 is 12.1 Å². The second-order valence-electron chi connectivity index (χ2n) is 5.81. The Balaban J connectivity index is 2.63. The van der Waals surface area contributed by atoms with Crippen molar-refractivity contribution in [3.8, 4) is 0 Å². The first-order valence-electron chi connectivity index (χ1n) is 7.04. The molecule has 0 bridgehead atoms. The Morgan fingerprint density at radius 3 is 2.41 bits per heavy atom. The maximum Gasteiger partial charge on any atom is 0.416 e. The first-order valence-corrected chi connectivity index (χ1v) is 7.04. The fourth-order valence-corrected chi connectivity index (χ4v) is 2.65. The molecule has 0 radical (unpaired) electrons. The average Bonchev–Trinajstić information content (AvgIpc) is 2.75. The molecule has 1 aromatic heterocycles. The van der Waals surface area contributed by atoms with Crippen molar-refractivity contribution in [1.29, 1.82) is 0 Å². The number of carboxylic acids is 1.